The molecule has 0 spiro atoms. The maximum absolute atomic E-state index is 11.3. The molecule has 0 aliphatic carbocycles. The zero-order chi connectivity index (χ0) is 10.8. The van der Waals surface area contributed by atoms with Crippen molar-refractivity contribution in [2.45, 2.75) is 25.7 Å². The minimum absolute atomic E-state index is 0.312. The van der Waals surface area contributed by atoms with E-state index < -0.39 is 0 Å². The predicted molar refractivity (Wildman–Crippen MR) is 63.5 cm³/mol. The first-order chi connectivity index (χ1) is 6.66. The summed E-state index contributed by atoms with van der Waals surface area (Å²) in [5.41, 5.74) is 5.37. The van der Waals surface area contributed by atoms with Gasteiger partial charge in [-0.15, -0.1) is 0 Å². The number of nitrogens with two attached hydrogens (primary N) is 1. The first kappa shape index (κ1) is 13.9. The fraction of sp³-hybridized carbons (Fsp3) is 0.900. The van der Waals surface area contributed by atoms with E-state index in [9.17, 15) is 4.79 Å². The van der Waals surface area contributed by atoms with Gasteiger partial charge < -0.3 is 10.6 Å². The van der Waals surface area contributed by atoms with Crippen LogP contribution in [0.25, 0.3) is 0 Å². The molecule has 3 nitrogen and oxygen atoms in total. The maximum Gasteiger partial charge on any atom is 0.190 e. The van der Waals surface area contributed by atoms with Gasteiger partial charge in [0.15, 0.2) is 5.12 Å². The molecule has 0 amide bonds. The van der Waals surface area contributed by atoms with Crippen molar-refractivity contribution in [3.05, 3.63) is 0 Å². The minimum atomic E-state index is 0.312. The van der Waals surface area contributed by atoms with Crippen molar-refractivity contribution in [1.29, 1.82) is 0 Å². The lowest BCUT2D eigenvalue weighted by molar-refractivity contribution is -0.111. The molecule has 0 atom stereocenters. The Labute approximate surface area is 91.4 Å². The molecule has 0 radical (unpaired) electrons. The van der Waals surface area contributed by atoms with Gasteiger partial charge in [0.1, 0.15) is 0 Å². The van der Waals surface area contributed by atoms with Gasteiger partial charge in [-0.1, -0.05) is 18.2 Å². The van der Waals surface area contributed by atoms with Crippen LogP contribution in [0.2, 0.25) is 0 Å². The molecule has 84 valence electrons. The lowest BCUT2D eigenvalue weighted by Gasteiger charge is -2.07. The van der Waals surface area contributed by atoms with Crippen LogP contribution in [0.15, 0.2) is 0 Å². The lowest BCUT2D eigenvalue weighted by atomic mass is 10.2. The first-order valence-electron chi connectivity index (χ1n) is 5.17. The standard InChI is InChI=1S/C10H22N2OS/c1-12(2)8-6-10(13)14-9-5-3-4-7-11/h3-9,11H2,1-2H3. The summed E-state index contributed by atoms with van der Waals surface area (Å²) >= 11 is 1.46. The molecule has 0 unspecified atom stereocenters. The summed E-state index contributed by atoms with van der Waals surface area (Å²) in [5, 5.41) is 0.312. The second-order valence-electron chi connectivity index (χ2n) is 3.62. The molecule has 0 rings (SSSR count). The Kier molecular flexibility index (Phi) is 9.45. The Bertz CT molecular complexity index is 151. The summed E-state index contributed by atoms with van der Waals surface area (Å²) in [4.78, 5) is 13.3. The molecule has 0 aromatic rings. The van der Waals surface area contributed by atoms with Gasteiger partial charge >= 0.3 is 0 Å². The number of unbranched alkanes of at least 4 members (excludes halogenated alkanes) is 2. The van der Waals surface area contributed by atoms with E-state index in [1.54, 1.807) is 0 Å². The number of hydrogen-bond donors (Lipinski definition) is 1. The number of nitrogens with zero attached hydrogens (tertiary/aromatic N) is 1. The number of hydrogen-bond acceptors (Lipinski definition) is 4. The van der Waals surface area contributed by atoms with Crippen molar-refractivity contribution < 1.29 is 4.79 Å². The fourth-order valence-electron chi connectivity index (χ4n) is 0.996. The third-order valence-corrected chi connectivity index (χ3v) is 2.89. The number of carbonyl (C=O) groups excluding carboxylic acids is 1. The average Bonchev–Trinajstić information content (AvgIpc) is 2.14. The molecule has 2 N–H and O–H groups in total. The molecular weight excluding hydrogens is 196 g/mol. The Morgan fingerprint density at radius 2 is 2.00 bits per heavy atom. The second kappa shape index (κ2) is 9.49. The molecule has 0 aromatic carbocycles. The normalized spacial score (nSPS) is 10.9. The van der Waals surface area contributed by atoms with Crippen molar-refractivity contribution in [2.75, 3.05) is 32.9 Å². The second-order valence-corrected chi connectivity index (χ2v) is 4.78. The summed E-state index contributed by atoms with van der Waals surface area (Å²) < 4.78 is 0. The first-order valence-corrected chi connectivity index (χ1v) is 6.15. The van der Waals surface area contributed by atoms with Crippen molar-refractivity contribution in [1.82, 2.24) is 4.90 Å². The Morgan fingerprint density at radius 3 is 2.57 bits per heavy atom. The molecule has 0 saturated carbocycles. The molecule has 0 bridgehead atoms. The van der Waals surface area contributed by atoms with Crippen molar-refractivity contribution in [3.8, 4) is 0 Å². The van der Waals surface area contributed by atoms with E-state index in [0.717, 1.165) is 38.1 Å². The molecule has 0 aromatic heterocycles. The van der Waals surface area contributed by atoms with Crippen LogP contribution in [-0.4, -0.2) is 43.0 Å². The van der Waals surface area contributed by atoms with Crippen LogP contribution in [0.5, 0.6) is 0 Å². The highest BCUT2D eigenvalue weighted by Crippen LogP contribution is 2.09. The highest BCUT2D eigenvalue weighted by molar-refractivity contribution is 8.13. The summed E-state index contributed by atoms with van der Waals surface area (Å²) in [5.74, 6) is 0.951. The molecular formula is C10H22N2OS. The third kappa shape index (κ3) is 10.0. The van der Waals surface area contributed by atoms with Crippen molar-refractivity contribution >= 4 is 16.9 Å². The van der Waals surface area contributed by atoms with E-state index in [1.807, 2.05) is 19.0 Å². The van der Waals surface area contributed by atoms with Gasteiger partial charge in [-0.3, -0.25) is 4.79 Å². The van der Waals surface area contributed by atoms with Gasteiger partial charge in [-0.05, 0) is 33.5 Å². The molecule has 0 aliphatic rings. The molecule has 0 fully saturated rings. The topological polar surface area (TPSA) is 46.3 Å². The summed E-state index contributed by atoms with van der Waals surface area (Å²) in [7, 11) is 3.97. The zero-order valence-electron chi connectivity index (χ0n) is 9.29. The van der Waals surface area contributed by atoms with Crippen LogP contribution in [0.3, 0.4) is 0 Å². The van der Waals surface area contributed by atoms with E-state index in [-0.39, 0.29) is 0 Å². The monoisotopic (exact) mass is 218 g/mol. The predicted octanol–water partition coefficient (Wildman–Crippen LogP) is 1.33. The van der Waals surface area contributed by atoms with E-state index in [1.165, 1.54) is 11.8 Å². The van der Waals surface area contributed by atoms with E-state index >= 15 is 0 Å². The summed E-state index contributed by atoms with van der Waals surface area (Å²) in [6.07, 6.45) is 3.99. The number of thioether (sulfide) groups is 1. The highest BCUT2D eigenvalue weighted by Gasteiger charge is 2.02. The van der Waals surface area contributed by atoms with Gasteiger partial charge in [0.2, 0.25) is 0 Å². The molecule has 0 aliphatic heterocycles. The Morgan fingerprint density at radius 1 is 1.29 bits per heavy atom. The quantitative estimate of drug-likeness (QED) is 0.624. The van der Waals surface area contributed by atoms with Crippen LogP contribution < -0.4 is 5.73 Å². The van der Waals surface area contributed by atoms with E-state index in [2.05, 4.69) is 0 Å². The van der Waals surface area contributed by atoms with Crippen molar-refractivity contribution in [3.63, 3.8) is 0 Å². The van der Waals surface area contributed by atoms with E-state index in [4.69, 9.17) is 5.73 Å². The van der Waals surface area contributed by atoms with Gasteiger partial charge in [0, 0.05) is 18.7 Å². The van der Waals surface area contributed by atoms with Gasteiger partial charge in [0.25, 0.3) is 0 Å². The van der Waals surface area contributed by atoms with Crippen LogP contribution in [0.1, 0.15) is 25.7 Å². The Balaban J connectivity index is 3.18. The number of rotatable bonds is 8. The van der Waals surface area contributed by atoms with Gasteiger partial charge in [0.05, 0.1) is 0 Å². The third-order valence-electron chi connectivity index (χ3n) is 1.87. The molecule has 0 heterocycles. The summed E-state index contributed by atoms with van der Waals surface area (Å²) in [6.45, 7) is 1.62. The molecule has 0 saturated heterocycles. The lowest BCUT2D eigenvalue weighted by Crippen LogP contribution is -2.15. The Hall–Kier alpha value is -0.0600. The number of carbonyl (C=O) groups is 1. The van der Waals surface area contributed by atoms with Crippen LogP contribution in [0, 0.1) is 0 Å². The van der Waals surface area contributed by atoms with Gasteiger partial charge in [-0.2, -0.15) is 0 Å². The fourth-order valence-corrected chi connectivity index (χ4v) is 1.81. The van der Waals surface area contributed by atoms with Crippen LogP contribution in [-0.2, 0) is 4.79 Å². The summed E-state index contributed by atoms with van der Waals surface area (Å²) in [6, 6.07) is 0. The van der Waals surface area contributed by atoms with Crippen molar-refractivity contribution in [2.24, 2.45) is 5.73 Å². The minimum Gasteiger partial charge on any atom is -0.330 e. The highest BCUT2D eigenvalue weighted by atomic mass is 32.2. The molecule has 4 heteroatoms. The van der Waals surface area contributed by atoms with Crippen LogP contribution in [0.4, 0.5) is 0 Å². The maximum atomic E-state index is 11.3. The molecule has 14 heavy (non-hydrogen) atoms. The SMILES string of the molecule is CN(C)CCC(=O)SCCCCCN. The van der Waals surface area contributed by atoms with E-state index in [0.29, 0.717) is 11.5 Å². The zero-order valence-corrected chi connectivity index (χ0v) is 10.1. The smallest absolute Gasteiger partial charge is 0.190 e. The van der Waals surface area contributed by atoms with Crippen LogP contribution >= 0.6 is 11.8 Å². The van der Waals surface area contributed by atoms with Gasteiger partial charge in [-0.25, -0.2) is 0 Å². The largest absolute Gasteiger partial charge is 0.330 e. The average molecular weight is 218 g/mol.